The van der Waals surface area contributed by atoms with E-state index in [1.807, 2.05) is 0 Å². The van der Waals surface area contributed by atoms with E-state index in [1.54, 1.807) is 0 Å². The van der Waals surface area contributed by atoms with Gasteiger partial charge in [0.1, 0.15) is 12.4 Å². The van der Waals surface area contributed by atoms with Crippen LogP contribution in [0.4, 0.5) is 0 Å². The third-order valence-corrected chi connectivity index (χ3v) is 3.51. The third kappa shape index (κ3) is 1.46. The molecule has 1 aromatic rings. The van der Waals surface area contributed by atoms with Crippen molar-refractivity contribution in [3.05, 3.63) is 33.4 Å². The first kappa shape index (κ1) is 10.3. The van der Waals surface area contributed by atoms with Crippen molar-refractivity contribution >= 4 is 6.08 Å². The van der Waals surface area contributed by atoms with Crippen LogP contribution >= 0.6 is 0 Å². The summed E-state index contributed by atoms with van der Waals surface area (Å²) in [6.07, 6.45) is 2.26. The van der Waals surface area contributed by atoms with E-state index in [1.165, 1.54) is 33.4 Å². The molecule has 1 aromatic carbocycles. The molecule has 0 amide bonds. The van der Waals surface area contributed by atoms with Gasteiger partial charge in [0.2, 0.25) is 0 Å². The minimum absolute atomic E-state index is 0.732. The Morgan fingerprint density at radius 3 is 2.13 bits per heavy atom. The Morgan fingerprint density at radius 1 is 0.867 bits per heavy atom. The zero-order valence-corrected chi connectivity index (χ0v) is 10.2. The average molecular weight is 202 g/mol. The van der Waals surface area contributed by atoms with Gasteiger partial charge in [0.15, 0.2) is 0 Å². The van der Waals surface area contributed by atoms with Crippen LogP contribution in [0.15, 0.2) is 5.57 Å². The second-order valence-electron chi connectivity index (χ2n) is 4.52. The van der Waals surface area contributed by atoms with Crippen molar-refractivity contribution in [3.8, 4) is 5.75 Å². The van der Waals surface area contributed by atoms with Gasteiger partial charge in [-0.15, -0.1) is 0 Å². The lowest BCUT2D eigenvalue weighted by atomic mass is 9.91. The molecule has 2 rings (SSSR count). The predicted molar refractivity (Wildman–Crippen MR) is 64.5 cm³/mol. The molecule has 0 atom stereocenters. The maximum Gasteiger partial charge on any atom is 0.130 e. The summed E-state index contributed by atoms with van der Waals surface area (Å²) in [7, 11) is 0. The van der Waals surface area contributed by atoms with Gasteiger partial charge in [0, 0.05) is 5.56 Å². The Balaban J connectivity index is 2.78. The summed E-state index contributed by atoms with van der Waals surface area (Å²) in [4.78, 5) is 0. The fraction of sp³-hybridized carbons (Fsp3) is 0.429. The summed E-state index contributed by atoms with van der Waals surface area (Å²) in [5.74, 6) is 1.08. The Morgan fingerprint density at radius 2 is 1.47 bits per heavy atom. The van der Waals surface area contributed by atoms with Gasteiger partial charge in [-0.1, -0.05) is 0 Å². The van der Waals surface area contributed by atoms with Crippen molar-refractivity contribution < 1.29 is 4.74 Å². The Bertz CT molecular complexity index is 453. The normalized spacial score (nSPS) is 14.3. The van der Waals surface area contributed by atoms with Crippen LogP contribution in [0.5, 0.6) is 5.75 Å². The van der Waals surface area contributed by atoms with Crippen LogP contribution in [-0.2, 0) is 0 Å². The zero-order valence-electron chi connectivity index (χ0n) is 10.2. The summed E-state index contributed by atoms with van der Waals surface area (Å²) in [5.41, 5.74) is 7.97. The van der Waals surface area contributed by atoms with E-state index < -0.39 is 0 Å². The van der Waals surface area contributed by atoms with Crippen molar-refractivity contribution in [1.29, 1.82) is 0 Å². The molecule has 0 saturated carbocycles. The summed E-state index contributed by atoms with van der Waals surface area (Å²) >= 11 is 0. The molecular formula is C14H18O. The molecule has 0 aromatic heterocycles. The number of hydrogen-bond donors (Lipinski definition) is 0. The number of ether oxygens (including phenoxy) is 1. The second kappa shape index (κ2) is 3.41. The standard InChI is InChI=1S/C14H18O/c1-8-6-13-11(4)9(2)10(3)12(5)14(13)15-7-8/h6H,7H2,1-5H3. The van der Waals surface area contributed by atoms with Crippen LogP contribution < -0.4 is 4.74 Å². The number of hydrogen-bond acceptors (Lipinski definition) is 1. The van der Waals surface area contributed by atoms with E-state index in [2.05, 4.69) is 40.7 Å². The van der Waals surface area contributed by atoms with E-state index in [0.29, 0.717) is 0 Å². The monoisotopic (exact) mass is 202 g/mol. The number of rotatable bonds is 0. The topological polar surface area (TPSA) is 9.23 Å². The second-order valence-corrected chi connectivity index (χ2v) is 4.52. The van der Waals surface area contributed by atoms with Crippen molar-refractivity contribution in [1.82, 2.24) is 0 Å². The van der Waals surface area contributed by atoms with Gasteiger partial charge in [-0.25, -0.2) is 0 Å². The Hall–Kier alpha value is -1.24. The van der Waals surface area contributed by atoms with Gasteiger partial charge in [-0.2, -0.15) is 0 Å². The molecule has 1 heterocycles. The quantitative estimate of drug-likeness (QED) is 0.623. The van der Waals surface area contributed by atoms with Gasteiger partial charge in [-0.05, 0) is 68.5 Å². The zero-order chi connectivity index (χ0) is 11.2. The maximum absolute atomic E-state index is 5.81. The summed E-state index contributed by atoms with van der Waals surface area (Å²) in [5, 5.41) is 0. The maximum atomic E-state index is 5.81. The van der Waals surface area contributed by atoms with Crippen LogP contribution in [0.2, 0.25) is 0 Å². The molecule has 15 heavy (non-hydrogen) atoms. The van der Waals surface area contributed by atoms with Gasteiger partial charge >= 0.3 is 0 Å². The molecule has 0 N–H and O–H groups in total. The molecular weight excluding hydrogens is 184 g/mol. The van der Waals surface area contributed by atoms with Crippen LogP contribution in [0.3, 0.4) is 0 Å². The van der Waals surface area contributed by atoms with Crippen LogP contribution in [-0.4, -0.2) is 6.61 Å². The van der Waals surface area contributed by atoms with Crippen molar-refractivity contribution in [2.24, 2.45) is 0 Å². The molecule has 1 nitrogen and oxygen atoms in total. The summed E-state index contributed by atoms with van der Waals surface area (Å²) < 4.78 is 5.81. The highest BCUT2D eigenvalue weighted by Crippen LogP contribution is 2.36. The molecule has 1 aliphatic heterocycles. The van der Waals surface area contributed by atoms with Crippen molar-refractivity contribution in [2.45, 2.75) is 34.6 Å². The molecule has 0 bridgehead atoms. The Kier molecular flexibility index (Phi) is 2.34. The van der Waals surface area contributed by atoms with E-state index in [4.69, 9.17) is 4.74 Å². The van der Waals surface area contributed by atoms with Gasteiger partial charge in [0.05, 0.1) is 0 Å². The van der Waals surface area contributed by atoms with E-state index in [0.717, 1.165) is 12.4 Å². The molecule has 0 spiro atoms. The summed E-state index contributed by atoms with van der Waals surface area (Å²) in [6.45, 7) is 11.5. The van der Waals surface area contributed by atoms with E-state index in [-0.39, 0.29) is 0 Å². The smallest absolute Gasteiger partial charge is 0.130 e. The fourth-order valence-corrected chi connectivity index (χ4v) is 2.14. The van der Waals surface area contributed by atoms with E-state index in [9.17, 15) is 0 Å². The minimum Gasteiger partial charge on any atom is -0.488 e. The lowest BCUT2D eigenvalue weighted by molar-refractivity contribution is 0.344. The molecule has 0 aliphatic carbocycles. The molecule has 1 heteroatoms. The van der Waals surface area contributed by atoms with Gasteiger partial charge in [-0.3, -0.25) is 0 Å². The molecule has 80 valence electrons. The highest BCUT2D eigenvalue weighted by molar-refractivity contribution is 5.70. The minimum atomic E-state index is 0.732. The summed E-state index contributed by atoms with van der Waals surface area (Å²) in [6, 6.07) is 0. The molecule has 1 aliphatic rings. The molecule has 0 unspecified atom stereocenters. The fourth-order valence-electron chi connectivity index (χ4n) is 2.14. The van der Waals surface area contributed by atoms with Crippen LogP contribution in [0, 0.1) is 27.7 Å². The van der Waals surface area contributed by atoms with Crippen LogP contribution in [0.25, 0.3) is 6.08 Å². The first-order chi connectivity index (χ1) is 7.02. The highest BCUT2D eigenvalue weighted by atomic mass is 16.5. The number of fused-ring (bicyclic) bond motifs is 1. The lowest BCUT2D eigenvalue weighted by Gasteiger charge is -2.23. The first-order valence-electron chi connectivity index (χ1n) is 5.42. The lowest BCUT2D eigenvalue weighted by Crippen LogP contribution is -2.10. The van der Waals surface area contributed by atoms with Gasteiger partial charge < -0.3 is 4.74 Å². The largest absolute Gasteiger partial charge is 0.488 e. The van der Waals surface area contributed by atoms with E-state index >= 15 is 0 Å². The highest BCUT2D eigenvalue weighted by Gasteiger charge is 2.17. The molecule has 0 radical (unpaired) electrons. The Labute approximate surface area is 91.8 Å². The van der Waals surface area contributed by atoms with Crippen LogP contribution in [0.1, 0.15) is 34.7 Å². The first-order valence-corrected chi connectivity index (χ1v) is 5.42. The molecule has 0 fully saturated rings. The SMILES string of the molecule is CC1=Cc2c(C)c(C)c(C)c(C)c2OC1. The molecule has 0 saturated heterocycles. The average Bonchev–Trinajstić information content (AvgIpc) is 2.23. The van der Waals surface area contributed by atoms with Crippen molar-refractivity contribution in [3.63, 3.8) is 0 Å². The number of benzene rings is 1. The third-order valence-electron chi connectivity index (χ3n) is 3.51. The van der Waals surface area contributed by atoms with Gasteiger partial charge in [0.25, 0.3) is 0 Å². The predicted octanol–water partition coefficient (Wildman–Crippen LogP) is 3.72. The van der Waals surface area contributed by atoms with Crippen molar-refractivity contribution in [2.75, 3.05) is 6.61 Å².